The monoisotopic (exact) mass is 339 g/mol. The van der Waals surface area contributed by atoms with Crippen LogP contribution in [0.3, 0.4) is 0 Å². The lowest BCUT2D eigenvalue weighted by Crippen LogP contribution is -2.38. The average Bonchev–Trinajstić information content (AvgIpc) is 2.55. The Labute approximate surface area is 143 Å². The first-order chi connectivity index (χ1) is 11.1. The maximum atomic E-state index is 12.0. The van der Waals surface area contributed by atoms with E-state index in [4.69, 9.17) is 16.3 Å². The molecule has 1 aliphatic heterocycles. The highest BCUT2D eigenvalue weighted by Crippen LogP contribution is 2.13. The van der Waals surface area contributed by atoms with Gasteiger partial charge < -0.3 is 15.4 Å². The van der Waals surface area contributed by atoms with Crippen LogP contribution in [0.2, 0.25) is 5.02 Å². The van der Waals surface area contributed by atoms with E-state index in [1.54, 1.807) is 24.3 Å². The highest BCUT2D eigenvalue weighted by Gasteiger charge is 2.11. The van der Waals surface area contributed by atoms with Crippen LogP contribution in [0.5, 0.6) is 0 Å². The summed E-state index contributed by atoms with van der Waals surface area (Å²) < 4.78 is 5.33. The molecule has 23 heavy (non-hydrogen) atoms. The largest absolute Gasteiger partial charge is 0.379 e. The number of benzene rings is 1. The summed E-state index contributed by atoms with van der Waals surface area (Å²) in [6, 6.07) is 7.31. The van der Waals surface area contributed by atoms with Gasteiger partial charge in [0.2, 0.25) is 5.91 Å². The maximum absolute atomic E-state index is 12.0. The maximum Gasteiger partial charge on any atom is 0.225 e. The van der Waals surface area contributed by atoms with Gasteiger partial charge in [0.25, 0.3) is 0 Å². The molecule has 1 fully saturated rings. The molecule has 1 amide bonds. The molecule has 0 aromatic heterocycles. The minimum Gasteiger partial charge on any atom is -0.379 e. The van der Waals surface area contributed by atoms with Crippen LogP contribution in [-0.4, -0.2) is 56.2 Å². The lowest BCUT2D eigenvalue weighted by molar-refractivity contribution is -0.116. The van der Waals surface area contributed by atoms with Crippen molar-refractivity contribution in [2.45, 2.75) is 25.8 Å². The van der Waals surface area contributed by atoms with Crippen molar-refractivity contribution in [1.29, 1.82) is 0 Å². The van der Waals surface area contributed by atoms with Crippen LogP contribution < -0.4 is 10.6 Å². The van der Waals surface area contributed by atoms with E-state index in [1.807, 2.05) is 6.92 Å². The van der Waals surface area contributed by atoms with E-state index in [9.17, 15) is 4.79 Å². The van der Waals surface area contributed by atoms with Crippen LogP contribution in [0.1, 0.15) is 19.8 Å². The van der Waals surface area contributed by atoms with Crippen LogP contribution in [0.4, 0.5) is 5.69 Å². The minimum atomic E-state index is 0.0144. The molecular formula is C17H26ClN3O2. The van der Waals surface area contributed by atoms with Crippen molar-refractivity contribution in [2.24, 2.45) is 0 Å². The number of halogens is 1. The summed E-state index contributed by atoms with van der Waals surface area (Å²) in [5.74, 6) is 0.0144. The third kappa shape index (κ3) is 7.31. The number of nitrogens with zero attached hydrogens (tertiary/aromatic N) is 1. The topological polar surface area (TPSA) is 53.6 Å². The predicted octanol–water partition coefficient (Wildman–Crippen LogP) is 2.37. The Morgan fingerprint density at radius 2 is 2.00 bits per heavy atom. The molecule has 1 saturated heterocycles. The molecule has 128 valence electrons. The van der Waals surface area contributed by atoms with Crippen molar-refractivity contribution >= 4 is 23.2 Å². The fourth-order valence-electron chi connectivity index (χ4n) is 2.57. The van der Waals surface area contributed by atoms with Crippen LogP contribution in [0, 0.1) is 0 Å². The number of anilines is 1. The quantitative estimate of drug-likeness (QED) is 0.714. The van der Waals surface area contributed by atoms with Crippen molar-refractivity contribution in [3.05, 3.63) is 29.3 Å². The van der Waals surface area contributed by atoms with E-state index < -0.39 is 0 Å². The van der Waals surface area contributed by atoms with Gasteiger partial charge in [0.15, 0.2) is 0 Å². The SMILES string of the molecule is C[C@H](CC(=O)Nc1ccc(Cl)cc1)NCCCN1CCOCC1. The second kappa shape index (κ2) is 9.88. The van der Waals surface area contributed by atoms with Gasteiger partial charge in [-0.1, -0.05) is 11.6 Å². The summed E-state index contributed by atoms with van der Waals surface area (Å²) >= 11 is 5.83. The van der Waals surface area contributed by atoms with Crippen molar-refractivity contribution in [3.8, 4) is 0 Å². The molecule has 1 atom stereocenters. The lowest BCUT2D eigenvalue weighted by atomic mass is 10.2. The summed E-state index contributed by atoms with van der Waals surface area (Å²) in [4.78, 5) is 14.4. The number of morpholine rings is 1. The van der Waals surface area contributed by atoms with Gasteiger partial charge in [0.1, 0.15) is 0 Å². The normalized spacial score (nSPS) is 17.0. The number of ether oxygens (including phenoxy) is 1. The van der Waals surface area contributed by atoms with E-state index in [0.29, 0.717) is 11.4 Å². The highest BCUT2D eigenvalue weighted by molar-refractivity contribution is 6.30. The number of hydrogen-bond donors (Lipinski definition) is 2. The zero-order chi connectivity index (χ0) is 16.5. The van der Waals surface area contributed by atoms with Crippen LogP contribution >= 0.6 is 11.6 Å². The average molecular weight is 340 g/mol. The Balaban J connectivity index is 1.57. The third-order valence-electron chi connectivity index (χ3n) is 3.87. The zero-order valence-electron chi connectivity index (χ0n) is 13.7. The summed E-state index contributed by atoms with van der Waals surface area (Å²) in [6.45, 7) is 7.78. The second-order valence-corrected chi connectivity index (χ2v) is 6.36. The highest BCUT2D eigenvalue weighted by atomic mass is 35.5. The number of rotatable bonds is 8. The first-order valence-corrected chi connectivity index (χ1v) is 8.60. The molecule has 1 aromatic carbocycles. The molecule has 5 nitrogen and oxygen atoms in total. The van der Waals surface area contributed by atoms with E-state index in [1.165, 1.54) is 0 Å². The van der Waals surface area contributed by atoms with Crippen molar-refractivity contribution in [3.63, 3.8) is 0 Å². The van der Waals surface area contributed by atoms with Crippen LogP contribution in [0.25, 0.3) is 0 Å². The fourth-order valence-corrected chi connectivity index (χ4v) is 2.70. The molecule has 0 aliphatic carbocycles. The van der Waals surface area contributed by atoms with Gasteiger partial charge in [-0.25, -0.2) is 0 Å². The van der Waals surface area contributed by atoms with Gasteiger partial charge in [0, 0.05) is 36.3 Å². The number of nitrogens with one attached hydrogen (secondary N) is 2. The Hall–Kier alpha value is -1.14. The Bertz CT molecular complexity index is 475. The molecule has 0 bridgehead atoms. The Morgan fingerprint density at radius 1 is 1.30 bits per heavy atom. The molecule has 2 rings (SSSR count). The van der Waals surface area contributed by atoms with E-state index >= 15 is 0 Å². The molecule has 2 N–H and O–H groups in total. The van der Waals surface area contributed by atoms with Gasteiger partial charge in [-0.3, -0.25) is 9.69 Å². The minimum absolute atomic E-state index is 0.0144. The van der Waals surface area contributed by atoms with Crippen molar-refractivity contribution in [1.82, 2.24) is 10.2 Å². The van der Waals surface area contributed by atoms with E-state index in [2.05, 4.69) is 15.5 Å². The third-order valence-corrected chi connectivity index (χ3v) is 4.12. The lowest BCUT2D eigenvalue weighted by Gasteiger charge is -2.26. The molecule has 0 spiro atoms. The molecule has 1 aromatic rings. The molecule has 1 heterocycles. The van der Waals surface area contributed by atoms with Gasteiger partial charge in [-0.15, -0.1) is 0 Å². The second-order valence-electron chi connectivity index (χ2n) is 5.92. The van der Waals surface area contributed by atoms with Gasteiger partial charge >= 0.3 is 0 Å². The smallest absolute Gasteiger partial charge is 0.225 e. The molecule has 0 radical (unpaired) electrons. The molecular weight excluding hydrogens is 314 g/mol. The summed E-state index contributed by atoms with van der Waals surface area (Å²) in [6.07, 6.45) is 1.54. The van der Waals surface area contributed by atoms with Gasteiger partial charge in [0.05, 0.1) is 13.2 Å². The molecule has 1 aliphatic rings. The van der Waals surface area contributed by atoms with Crippen molar-refractivity contribution in [2.75, 3.05) is 44.7 Å². The first-order valence-electron chi connectivity index (χ1n) is 8.22. The number of carbonyl (C=O) groups excluding carboxylic acids is 1. The van der Waals surface area contributed by atoms with Gasteiger partial charge in [-0.05, 0) is 50.7 Å². The van der Waals surface area contributed by atoms with Crippen LogP contribution in [0.15, 0.2) is 24.3 Å². The van der Waals surface area contributed by atoms with Gasteiger partial charge in [-0.2, -0.15) is 0 Å². The number of hydrogen-bond acceptors (Lipinski definition) is 4. The first kappa shape index (κ1) is 18.2. The summed E-state index contributed by atoms with van der Waals surface area (Å²) in [7, 11) is 0. The standard InChI is InChI=1S/C17H26ClN3O2/c1-14(19-7-2-8-21-9-11-23-12-10-21)13-17(22)20-16-5-3-15(18)4-6-16/h3-6,14,19H,2,7-13H2,1H3,(H,20,22)/t14-/m1/s1. The Morgan fingerprint density at radius 3 is 2.70 bits per heavy atom. The van der Waals surface area contributed by atoms with E-state index in [0.717, 1.165) is 51.5 Å². The molecule has 6 heteroatoms. The van der Waals surface area contributed by atoms with E-state index in [-0.39, 0.29) is 11.9 Å². The van der Waals surface area contributed by atoms with Crippen molar-refractivity contribution < 1.29 is 9.53 Å². The number of carbonyl (C=O) groups is 1. The Kier molecular flexibility index (Phi) is 7.82. The van der Waals surface area contributed by atoms with Crippen LogP contribution in [-0.2, 0) is 9.53 Å². The predicted molar refractivity (Wildman–Crippen MR) is 94.0 cm³/mol. The summed E-state index contributed by atoms with van der Waals surface area (Å²) in [5.41, 5.74) is 0.777. The zero-order valence-corrected chi connectivity index (χ0v) is 14.4. The molecule has 0 saturated carbocycles. The number of amides is 1. The fraction of sp³-hybridized carbons (Fsp3) is 0.588. The summed E-state index contributed by atoms with van der Waals surface area (Å²) in [5, 5.41) is 6.96. The molecule has 0 unspecified atom stereocenters.